The summed E-state index contributed by atoms with van der Waals surface area (Å²) < 4.78 is 33.7. The van der Waals surface area contributed by atoms with Crippen molar-refractivity contribution in [1.82, 2.24) is 0 Å². The highest BCUT2D eigenvalue weighted by Gasteiger charge is 2.32. The van der Waals surface area contributed by atoms with Gasteiger partial charge >= 0.3 is 5.80 Å². The van der Waals surface area contributed by atoms with Crippen LogP contribution in [0.2, 0.25) is 13.1 Å². The molecule has 0 aromatic carbocycles. The Labute approximate surface area is 55.0 Å². The summed E-state index contributed by atoms with van der Waals surface area (Å²) in [6.07, 6.45) is 0. The Morgan fingerprint density at radius 1 is 1.11 bits per heavy atom. The lowest BCUT2D eigenvalue weighted by molar-refractivity contribution is -0.0505. The van der Waals surface area contributed by atoms with E-state index in [1.165, 1.54) is 13.1 Å². The van der Waals surface area contributed by atoms with E-state index < -0.39 is 14.6 Å². The molecule has 0 atom stereocenters. The van der Waals surface area contributed by atoms with Gasteiger partial charge in [-0.05, 0) is 0 Å². The van der Waals surface area contributed by atoms with Gasteiger partial charge in [0.25, 0.3) is 0 Å². The van der Waals surface area contributed by atoms with Gasteiger partial charge in [0.15, 0.2) is 8.80 Å². The van der Waals surface area contributed by atoms with Crippen molar-refractivity contribution in [3.63, 3.8) is 0 Å². The van der Waals surface area contributed by atoms with E-state index in [-0.39, 0.29) is 0 Å². The predicted molar refractivity (Wildman–Crippen MR) is 36.2 cm³/mol. The number of halogens is 3. The molecule has 0 aliphatic heterocycles. The monoisotopic (exact) mass is 156 g/mol. The highest BCUT2D eigenvalue weighted by atomic mass is 28.3. The fraction of sp³-hybridized carbons (Fsp3) is 0.600. The van der Waals surface area contributed by atoms with E-state index >= 15 is 0 Å². The fourth-order valence-electron chi connectivity index (χ4n) is 0. The van der Waals surface area contributed by atoms with Crippen LogP contribution in [0.3, 0.4) is 0 Å². The van der Waals surface area contributed by atoms with Crippen molar-refractivity contribution in [1.29, 1.82) is 0 Å². The standard InChI is InChI=1S/C3H7F3Si.C2H4/c1-7(2)3(4,5)6;1-2/h7H,1-2H3;1-2H2. The lowest BCUT2D eigenvalue weighted by Crippen LogP contribution is -2.26. The molecule has 0 nitrogen and oxygen atoms in total. The minimum absolute atomic E-state index is 1.26. The molecule has 0 aromatic rings. The van der Waals surface area contributed by atoms with Crippen molar-refractivity contribution in [2.45, 2.75) is 18.9 Å². The summed E-state index contributed by atoms with van der Waals surface area (Å²) in [5, 5.41) is 0. The molecular weight excluding hydrogens is 145 g/mol. The van der Waals surface area contributed by atoms with Gasteiger partial charge in [0.1, 0.15) is 0 Å². The molecule has 0 fully saturated rings. The summed E-state index contributed by atoms with van der Waals surface area (Å²) in [6, 6.07) is 0. The van der Waals surface area contributed by atoms with Crippen LogP contribution in [-0.4, -0.2) is 14.6 Å². The Morgan fingerprint density at radius 3 is 1.22 bits per heavy atom. The predicted octanol–water partition coefficient (Wildman–Crippen LogP) is 2.38. The maximum atomic E-state index is 11.2. The number of hydrogen-bond donors (Lipinski definition) is 0. The molecule has 0 aromatic heterocycles. The smallest absolute Gasteiger partial charge is 0.177 e. The van der Waals surface area contributed by atoms with E-state index in [4.69, 9.17) is 0 Å². The van der Waals surface area contributed by atoms with Crippen LogP contribution >= 0.6 is 0 Å². The summed E-state index contributed by atoms with van der Waals surface area (Å²) in [5.74, 6) is -3.86. The molecule has 56 valence electrons. The first-order valence-electron chi connectivity index (χ1n) is 2.51. The second kappa shape index (κ2) is 4.61. The van der Waals surface area contributed by atoms with E-state index in [2.05, 4.69) is 13.2 Å². The summed E-state index contributed by atoms with van der Waals surface area (Å²) >= 11 is 0. The summed E-state index contributed by atoms with van der Waals surface area (Å²) in [6.45, 7) is 8.53. The second-order valence-corrected chi connectivity index (χ2v) is 4.66. The van der Waals surface area contributed by atoms with Crippen LogP contribution in [0.5, 0.6) is 0 Å². The topological polar surface area (TPSA) is 0 Å². The van der Waals surface area contributed by atoms with E-state index in [9.17, 15) is 13.2 Å². The van der Waals surface area contributed by atoms with Crippen molar-refractivity contribution in [3.05, 3.63) is 13.2 Å². The first-order valence-corrected chi connectivity index (χ1v) is 5.40. The SMILES string of the molecule is C=C.C[SiH](C)C(F)(F)F. The molecule has 4 heteroatoms. The van der Waals surface area contributed by atoms with Crippen molar-refractivity contribution in [3.8, 4) is 0 Å². The molecule has 0 bridgehead atoms. The second-order valence-electron chi connectivity index (χ2n) is 1.70. The van der Waals surface area contributed by atoms with Gasteiger partial charge < -0.3 is 0 Å². The van der Waals surface area contributed by atoms with Crippen LogP contribution in [0.1, 0.15) is 0 Å². The van der Waals surface area contributed by atoms with Crippen molar-refractivity contribution >= 4 is 8.80 Å². The molecular formula is C5H11F3Si. The van der Waals surface area contributed by atoms with E-state index in [0.717, 1.165) is 0 Å². The Kier molecular flexibility index (Phi) is 5.91. The molecule has 0 heterocycles. The van der Waals surface area contributed by atoms with Gasteiger partial charge in [-0.15, -0.1) is 13.2 Å². The fourth-order valence-corrected chi connectivity index (χ4v) is 0. The summed E-state index contributed by atoms with van der Waals surface area (Å²) in [5.41, 5.74) is 0. The van der Waals surface area contributed by atoms with Crippen LogP contribution in [0.15, 0.2) is 13.2 Å². The van der Waals surface area contributed by atoms with Crippen LogP contribution < -0.4 is 0 Å². The molecule has 0 spiro atoms. The third-order valence-electron chi connectivity index (χ3n) is 0.655. The van der Waals surface area contributed by atoms with Gasteiger partial charge in [-0.2, -0.15) is 13.2 Å². The third kappa shape index (κ3) is 7.75. The maximum absolute atomic E-state index is 11.2. The van der Waals surface area contributed by atoms with Gasteiger partial charge in [-0.25, -0.2) is 0 Å². The molecule has 0 aliphatic carbocycles. The number of hydrogen-bond acceptors (Lipinski definition) is 0. The molecule has 0 N–H and O–H groups in total. The zero-order chi connectivity index (χ0) is 8.08. The zero-order valence-electron chi connectivity index (χ0n) is 5.63. The quantitative estimate of drug-likeness (QED) is 0.373. The Morgan fingerprint density at radius 2 is 1.22 bits per heavy atom. The van der Waals surface area contributed by atoms with E-state index in [1.54, 1.807) is 0 Å². The first-order chi connectivity index (χ1) is 3.94. The van der Waals surface area contributed by atoms with E-state index in [0.29, 0.717) is 0 Å². The molecule has 0 saturated heterocycles. The minimum Gasteiger partial charge on any atom is -0.177 e. The van der Waals surface area contributed by atoms with Crippen molar-refractivity contribution in [2.24, 2.45) is 0 Å². The normalized spacial score (nSPS) is 10.4. The Bertz CT molecular complexity index is 67.1. The number of rotatable bonds is 0. The highest BCUT2D eigenvalue weighted by Crippen LogP contribution is 2.17. The van der Waals surface area contributed by atoms with Gasteiger partial charge in [0, 0.05) is 0 Å². The lowest BCUT2D eigenvalue weighted by atomic mass is 11.3. The van der Waals surface area contributed by atoms with Crippen LogP contribution in [0, 0.1) is 0 Å². The molecule has 0 amide bonds. The summed E-state index contributed by atoms with van der Waals surface area (Å²) in [4.78, 5) is 0. The van der Waals surface area contributed by atoms with Crippen LogP contribution in [0.4, 0.5) is 13.2 Å². The Balaban J connectivity index is 0. The van der Waals surface area contributed by atoms with Crippen molar-refractivity contribution in [2.75, 3.05) is 0 Å². The molecule has 0 aliphatic rings. The number of alkyl halides is 3. The average molecular weight is 156 g/mol. The molecule has 9 heavy (non-hydrogen) atoms. The van der Waals surface area contributed by atoms with Crippen molar-refractivity contribution < 1.29 is 13.2 Å². The lowest BCUT2D eigenvalue weighted by Gasteiger charge is -2.06. The molecule has 0 radical (unpaired) electrons. The van der Waals surface area contributed by atoms with Crippen LogP contribution in [-0.2, 0) is 0 Å². The molecule has 0 rings (SSSR count). The first kappa shape index (κ1) is 11.5. The van der Waals surface area contributed by atoms with Crippen LogP contribution in [0.25, 0.3) is 0 Å². The molecule has 0 unspecified atom stereocenters. The van der Waals surface area contributed by atoms with Gasteiger partial charge in [-0.3, -0.25) is 0 Å². The van der Waals surface area contributed by atoms with Gasteiger partial charge in [0.05, 0.1) is 0 Å². The van der Waals surface area contributed by atoms with Gasteiger partial charge in [0.2, 0.25) is 0 Å². The molecule has 0 saturated carbocycles. The Hall–Kier alpha value is -0.253. The third-order valence-corrected chi connectivity index (χ3v) is 1.96. The highest BCUT2D eigenvalue weighted by molar-refractivity contribution is 6.57. The maximum Gasteiger partial charge on any atom is 0.357 e. The largest absolute Gasteiger partial charge is 0.357 e. The minimum atomic E-state index is -3.86. The van der Waals surface area contributed by atoms with Gasteiger partial charge in [-0.1, -0.05) is 13.1 Å². The zero-order valence-corrected chi connectivity index (χ0v) is 6.78. The average Bonchev–Trinajstić information content (AvgIpc) is 1.69. The van der Waals surface area contributed by atoms with E-state index in [1.807, 2.05) is 0 Å². The summed E-state index contributed by atoms with van der Waals surface area (Å²) in [7, 11) is -2.36.